The Balaban J connectivity index is 2.38. The molecule has 0 aliphatic carbocycles. The number of carboxylic acid groups (broad SMARTS) is 1. The Labute approximate surface area is 110 Å². The van der Waals surface area contributed by atoms with E-state index >= 15 is 0 Å². The molecule has 0 fully saturated rings. The molecule has 100 valence electrons. The summed E-state index contributed by atoms with van der Waals surface area (Å²) in [6, 6.07) is -0.757. The van der Waals surface area contributed by atoms with Crippen LogP contribution in [0.2, 0.25) is 0 Å². The molecular weight excluding hydrogens is 252 g/mol. The molecular formula is C12H18N2O3S. The maximum absolute atomic E-state index is 11.6. The normalized spacial score (nSPS) is 13.7. The predicted octanol–water partition coefficient (Wildman–Crippen LogP) is 1.96. The van der Waals surface area contributed by atoms with Crippen molar-refractivity contribution >= 4 is 23.3 Å². The van der Waals surface area contributed by atoms with Crippen LogP contribution >= 0.6 is 11.3 Å². The van der Waals surface area contributed by atoms with Crippen LogP contribution in [0, 0.1) is 12.8 Å². The second-order valence-electron chi connectivity index (χ2n) is 4.32. The zero-order chi connectivity index (χ0) is 13.7. The van der Waals surface area contributed by atoms with Gasteiger partial charge in [0.2, 0.25) is 0 Å². The van der Waals surface area contributed by atoms with Crippen molar-refractivity contribution in [2.24, 2.45) is 5.92 Å². The molecule has 1 rings (SSSR count). The van der Waals surface area contributed by atoms with E-state index in [1.54, 1.807) is 25.2 Å². The zero-order valence-electron chi connectivity index (χ0n) is 10.7. The molecule has 1 heterocycles. The summed E-state index contributed by atoms with van der Waals surface area (Å²) < 4.78 is 0. The number of hydrogen-bond donors (Lipinski definition) is 3. The predicted molar refractivity (Wildman–Crippen MR) is 70.7 cm³/mol. The first-order valence-electron chi connectivity index (χ1n) is 5.70. The number of urea groups is 1. The Kier molecular flexibility index (Phi) is 5.15. The Morgan fingerprint density at radius 3 is 2.56 bits per heavy atom. The molecule has 2 unspecified atom stereocenters. The molecule has 3 N–H and O–H groups in total. The molecule has 0 aliphatic heterocycles. The number of carbonyl (C=O) groups excluding carboxylic acids is 1. The van der Waals surface area contributed by atoms with Crippen LogP contribution in [0.5, 0.6) is 0 Å². The molecule has 0 spiro atoms. The number of thiophene rings is 1. The van der Waals surface area contributed by atoms with Crippen molar-refractivity contribution in [1.29, 1.82) is 0 Å². The van der Waals surface area contributed by atoms with Crippen LogP contribution in [0.4, 0.5) is 4.79 Å². The second kappa shape index (κ2) is 6.39. The maximum atomic E-state index is 11.6. The molecule has 0 radical (unpaired) electrons. The topological polar surface area (TPSA) is 78.4 Å². The first kappa shape index (κ1) is 14.5. The van der Waals surface area contributed by atoms with Crippen LogP contribution < -0.4 is 10.6 Å². The van der Waals surface area contributed by atoms with Gasteiger partial charge in [0.1, 0.15) is 0 Å². The number of aryl methyl sites for hydroxylation is 1. The monoisotopic (exact) mass is 270 g/mol. The van der Waals surface area contributed by atoms with Crippen molar-refractivity contribution in [3.8, 4) is 0 Å². The lowest BCUT2D eigenvalue weighted by Crippen LogP contribution is -2.45. The van der Waals surface area contributed by atoms with E-state index in [0.29, 0.717) is 6.54 Å². The van der Waals surface area contributed by atoms with E-state index < -0.39 is 17.9 Å². The molecule has 1 aromatic rings. The standard InChI is InChI=1S/C12H18N2O3S/c1-7-5-18-6-10(7)4-13-12(17)14-9(3)8(2)11(15)16/h5-6,8-9H,4H2,1-3H3,(H,15,16)(H2,13,14,17). The van der Waals surface area contributed by atoms with E-state index in [4.69, 9.17) is 5.11 Å². The molecule has 2 amide bonds. The molecule has 0 saturated carbocycles. The quantitative estimate of drug-likeness (QED) is 0.765. The third kappa shape index (κ3) is 4.03. The van der Waals surface area contributed by atoms with Gasteiger partial charge in [0.15, 0.2) is 0 Å². The SMILES string of the molecule is Cc1cscc1CNC(=O)NC(C)C(C)C(=O)O. The van der Waals surface area contributed by atoms with E-state index in [-0.39, 0.29) is 6.03 Å². The van der Waals surface area contributed by atoms with Crippen LogP contribution in [0.25, 0.3) is 0 Å². The van der Waals surface area contributed by atoms with Gasteiger partial charge < -0.3 is 15.7 Å². The van der Waals surface area contributed by atoms with Gasteiger partial charge >= 0.3 is 12.0 Å². The Hall–Kier alpha value is -1.56. The highest BCUT2D eigenvalue weighted by Gasteiger charge is 2.20. The average molecular weight is 270 g/mol. The van der Waals surface area contributed by atoms with Gasteiger partial charge in [-0.15, -0.1) is 0 Å². The lowest BCUT2D eigenvalue weighted by atomic mass is 10.0. The minimum absolute atomic E-state index is 0.346. The first-order valence-corrected chi connectivity index (χ1v) is 6.65. The molecule has 2 atom stereocenters. The summed E-state index contributed by atoms with van der Waals surface area (Å²) in [4.78, 5) is 22.3. The van der Waals surface area contributed by atoms with Crippen LogP contribution in [-0.2, 0) is 11.3 Å². The third-order valence-corrected chi connectivity index (χ3v) is 3.81. The van der Waals surface area contributed by atoms with Crippen molar-refractivity contribution in [2.75, 3.05) is 0 Å². The summed E-state index contributed by atoms with van der Waals surface area (Å²) in [5.74, 6) is -1.53. The second-order valence-corrected chi connectivity index (χ2v) is 5.07. The van der Waals surface area contributed by atoms with Gasteiger partial charge in [-0.25, -0.2) is 4.79 Å². The largest absolute Gasteiger partial charge is 0.481 e. The third-order valence-electron chi connectivity index (χ3n) is 2.90. The summed E-state index contributed by atoms with van der Waals surface area (Å²) in [7, 11) is 0. The van der Waals surface area contributed by atoms with Gasteiger partial charge in [0.05, 0.1) is 5.92 Å². The lowest BCUT2D eigenvalue weighted by molar-refractivity contribution is -0.141. The molecule has 18 heavy (non-hydrogen) atoms. The van der Waals surface area contributed by atoms with E-state index in [0.717, 1.165) is 11.1 Å². The van der Waals surface area contributed by atoms with E-state index in [9.17, 15) is 9.59 Å². The van der Waals surface area contributed by atoms with Crippen LogP contribution in [0.15, 0.2) is 10.8 Å². The highest BCUT2D eigenvalue weighted by atomic mass is 32.1. The summed E-state index contributed by atoms with van der Waals surface area (Å²) in [5.41, 5.74) is 2.22. The highest BCUT2D eigenvalue weighted by molar-refractivity contribution is 7.08. The number of nitrogens with one attached hydrogen (secondary N) is 2. The summed E-state index contributed by atoms with van der Waals surface area (Å²) in [5, 5.41) is 18.1. The number of rotatable bonds is 5. The first-order chi connectivity index (χ1) is 8.41. The highest BCUT2D eigenvalue weighted by Crippen LogP contribution is 2.12. The summed E-state index contributed by atoms with van der Waals surface area (Å²) in [6.07, 6.45) is 0. The van der Waals surface area contributed by atoms with Crippen molar-refractivity contribution in [3.63, 3.8) is 0 Å². The molecule has 0 aliphatic rings. The smallest absolute Gasteiger partial charge is 0.315 e. The van der Waals surface area contributed by atoms with Crippen molar-refractivity contribution in [2.45, 2.75) is 33.4 Å². The minimum atomic E-state index is -0.920. The van der Waals surface area contributed by atoms with Gasteiger partial charge in [-0.3, -0.25) is 4.79 Å². The molecule has 1 aromatic heterocycles. The Bertz CT molecular complexity index is 431. The van der Waals surface area contributed by atoms with Crippen LogP contribution in [0.1, 0.15) is 25.0 Å². The summed E-state index contributed by atoms with van der Waals surface area (Å²) in [6.45, 7) is 5.68. The fourth-order valence-electron chi connectivity index (χ4n) is 1.34. The van der Waals surface area contributed by atoms with Gasteiger partial charge in [-0.1, -0.05) is 0 Å². The van der Waals surface area contributed by atoms with Gasteiger partial charge in [0.25, 0.3) is 0 Å². The Morgan fingerprint density at radius 1 is 1.39 bits per heavy atom. The number of hydrogen-bond acceptors (Lipinski definition) is 3. The van der Waals surface area contributed by atoms with Gasteiger partial charge in [0, 0.05) is 12.6 Å². The van der Waals surface area contributed by atoms with Crippen LogP contribution in [0.3, 0.4) is 0 Å². The maximum Gasteiger partial charge on any atom is 0.315 e. The van der Waals surface area contributed by atoms with E-state index in [1.165, 1.54) is 0 Å². The summed E-state index contributed by atoms with van der Waals surface area (Å²) >= 11 is 1.59. The zero-order valence-corrected chi connectivity index (χ0v) is 11.5. The van der Waals surface area contributed by atoms with Crippen molar-refractivity contribution in [3.05, 3.63) is 21.9 Å². The number of carboxylic acids is 1. The molecule has 6 heteroatoms. The van der Waals surface area contributed by atoms with E-state index in [1.807, 2.05) is 17.7 Å². The fraction of sp³-hybridized carbons (Fsp3) is 0.500. The Morgan fingerprint density at radius 2 is 2.06 bits per heavy atom. The van der Waals surface area contributed by atoms with Gasteiger partial charge in [-0.05, 0) is 42.7 Å². The number of aliphatic carboxylic acids is 1. The molecule has 5 nitrogen and oxygen atoms in total. The van der Waals surface area contributed by atoms with Gasteiger partial charge in [-0.2, -0.15) is 11.3 Å². The van der Waals surface area contributed by atoms with Crippen molar-refractivity contribution in [1.82, 2.24) is 10.6 Å². The average Bonchev–Trinajstić information content (AvgIpc) is 2.71. The minimum Gasteiger partial charge on any atom is -0.481 e. The lowest BCUT2D eigenvalue weighted by Gasteiger charge is -2.18. The van der Waals surface area contributed by atoms with Crippen LogP contribution in [-0.4, -0.2) is 23.1 Å². The molecule has 0 aromatic carbocycles. The molecule has 0 saturated heterocycles. The van der Waals surface area contributed by atoms with Crippen molar-refractivity contribution < 1.29 is 14.7 Å². The number of carbonyl (C=O) groups is 2. The number of amides is 2. The molecule has 0 bridgehead atoms. The van der Waals surface area contributed by atoms with E-state index in [2.05, 4.69) is 10.6 Å². The fourth-order valence-corrected chi connectivity index (χ4v) is 2.20.